The molecular formula is C9H17NO2. The molecule has 1 spiro atoms. The predicted octanol–water partition coefficient (Wildman–Crippen LogP) is 0.701. The minimum Gasteiger partial charge on any atom is -0.380 e. The standard InChI is InChI=1S/C9H17NO2/c1-8(2)10-3-9(4-11-5-9)6-12-7-10/h8H,3-7H2,1-2H3. The van der Waals surface area contributed by atoms with Gasteiger partial charge in [-0.05, 0) is 13.8 Å². The van der Waals surface area contributed by atoms with Crippen LogP contribution in [0.15, 0.2) is 0 Å². The van der Waals surface area contributed by atoms with Crippen LogP contribution in [0.25, 0.3) is 0 Å². The zero-order valence-electron chi connectivity index (χ0n) is 7.88. The first-order valence-electron chi connectivity index (χ1n) is 4.61. The summed E-state index contributed by atoms with van der Waals surface area (Å²) in [5.41, 5.74) is 0.336. The van der Waals surface area contributed by atoms with E-state index >= 15 is 0 Å². The summed E-state index contributed by atoms with van der Waals surface area (Å²) in [5, 5.41) is 0. The third-order valence-electron chi connectivity index (χ3n) is 2.75. The van der Waals surface area contributed by atoms with Gasteiger partial charge in [-0.15, -0.1) is 0 Å². The monoisotopic (exact) mass is 171 g/mol. The van der Waals surface area contributed by atoms with E-state index in [2.05, 4.69) is 18.7 Å². The lowest BCUT2D eigenvalue weighted by Gasteiger charge is -2.48. The van der Waals surface area contributed by atoms with Crippen LogP contribution < -0.4 is 0 Å². The van der Waals surface area contributed by atoms with Crippen LogP contribution in [-0.2, 0) is 9.47 Å². The molecule has 12 heavy (non-hydrogen) atoms. The van der Waals surface area contributed by atoms with Gasteiger partial charge in [0.25, 0.3) is 0 Å². The van der Waals surface area contributed by atoms with Crippen LogP contribution in [0.1, 0.15) is 13.8 Å². The highest BCUT2D eigenvalue weighted by atomic mass is 16.5. The van der Waals surface area contributed by atoms with Gasteiger partial charge in [-0.2, -0.15) is 0 Å². The van der Waals surface area contributed by atoms with Gasteiger partial charge < -0.3 is 9.47 Å². The summed E-state index contributed by atoms with van der Waals surface area (Å²) in [7, 11) is 0. The Labute approximate surface area is 73.6 Å². The third kappa shape index (κ3) is 1.37. The van der Waals surface area contributed by atoms with Gasteiger partial charge in [0.15, 0.2) is 0 Å². The van der Waals surface area contributed by atoms with Crippen LogP contribution in [0.5, 0.6) is 0 Å². The van der Waals surface area contributed by atoms with Crippen molar-refractivity contribution in [2.24, 2.45) is 5.41 Å². The SMILES string of the molecule is CC(C)N1COCC2(COC2)C1. The zero-order valence-corrected chi connectivity index (χ0v) is 7.88. The Morgan fingerprint density at radius 1 is 1.17 bits per heavy atom. The van der Waals surface area contributed by atoms with Crippen LogP contribution in [0.3, 0.4) is 0 Å². The van der Waals surface area contributed by atoms with Gasteiger partial charge in [-0.3, -0.25) is 4.90 Å². The van der Waals surface area contributed by atoms with Gasteiger partial charge in [0.1, 0.15) is 0 Å². The van der Waals surface area contributed by atoms with E-state index in [1.165, 1.54) is 0 Å². The van der Waals surface area contributed by atoms with Crippen molar-refractivity contribution in [1.82, 2.24) is 4.90 Å². The zero-order chi connectivity index (χ0) is 8.60. The first-order valence-corrected chi connectivity index (χ1v) is 4.61. The highest BCUT2D eigenvalue weighted by molar-refractivity contribution is 4.90. The average molecular weight is 171 g/mol. The van der Waals surface area contributed by atoms with Crippen LogP contribution in [0.4, 0.5) is 0 Å². The van der Waals surface area contributed by atoms with Gasteiger partial charge in [0.05, 0.1) is 32.0 Å². The molecule has 70 valence electrons. The lowest BCUT2D eigenvalue weighted by atomic mass is 9.85. The van der Waals surface area contributed by atoms with E-state index in [0.717, 1.165) is 33.1 Å². The second-order valence-electron chi connectivity index (χ2n) is 4.31. The summed E-state index contributed by atoms with van der Waals surface area (Å²) < 4.78 is 10.8. The van der Waals surface area contributed by atoms with E-state index in [0.29, 0.717) is 11.5 Å². The maximum atomic E-state index is 5.55. The Hall–Kier alpha value is -0.120. The molecule has 0 amide bonds. The quantitative estimate of drug-likeness (QED) is 0.579. The lowest BCUT2D eigenvalue weighted by Crippen LogP contribution is -2.59. The summed E-state index contributed by atoms with van der Waals surface area (Å²) in [4.78, 5) is 2.37. The van der Waals surface area contributed by atoms with Crippen LogP contribution in [-0.4, -0.2) is 44.0 Å². The minimum atomic E-state index is 0.336. The molecule has 0 unspecified atom stereocenters. The summed E-state index contributed by atoms with van der Waals surface area (Å²) in [6.07, 6.45) is 0. The maximum Gasteiger partial charge on any atom is 0.0992 e. The van der Waals surface area contributed by atoms with E-state index in [4.69, 9.17) is 9.47 Å². The van der Waals surface area contributed by atoms with Gasteiger partial charge in [0.2, 0.25) is 0 Å². The largest absolute Gasteiger partial charge is 0.380 e. The Bertz CT molecular complexity index is 166. The van der Waals surface area contributed by atoms with Crippen molar-refractivity contribution in [1.29, 1.82) is 0 Å². The van der Waals surface area contributed by atoms with Crippen molar-refractivity contribution in [3.05, 3.63) is 0 Å². The highest BCUT2D eigenvalue weighted by Crippen LogP contribution is 2.32. The Morgan fingerprint density at radius 3 is 2.33 bits per heavy atom. The first kappa shape index (κ1) is 8.48. The smallest absolute Gasteiger partial charge is 0.0992 e. The fraction of sp³-hybridized carbons (Fsp3) is 1.00. The molecule has 0 radical (unpaired) electrons. The molecule has 2 saturated heterocycles. The molecule has 0 saturated carbocycles. The number of nitrogens with zero attached hydrogens (tertiary/aromatic N) is 1. The van der Waals surface area contributed by atoms with Crippen LogP contribution in [0, 0.1) is 5.41 Å². The van der Waals surface area contributed by atoms with Gasteiger partial charge in [0, 0.05) is 12.6 Å². The normalized spacial score (nSPS) is 29.2. The number of hydrogen-bond acceptors (Lipinski definition) is 3. The molecule has 0 aliphatic carbocycles. The molecule has 0 bridgehead atoms. The number of hydrogen-bond donors (Lipinski definition) is 0. The summed E-state index contributed by atoms with van der Waals surface area (Å²) in [6, 6.07) is 0.586. The second-order valence-corrected chi connectivity index (χ2v) is 4.31. The molecule has 2 aliphatic heterocycles. The molecule has 0 aromatic rings. The average Bonchev–Trinajstić information content (AvgIpc) is 2.02. The van der Waals surface area contributed by atoms with Crippen molar-refractivity contribution in [2.75, 3.05) is 33.1 Å². The Balaban J connectivity index is 1.94. The van der Waals surface area contributed by atoms with E-state index in [1.54, 1.807) is 0 Å². The van der Waals surface area contributed by atoms with Crippen molar-refractivity contribution in [3.8, 4) is 0 Å². The molecule has 0 N–H and O–H groups in total. The van der Waals surface area contributed by atoms with E-state index in [1.807, 2.05) is 0 Å². The number of ether oxygens (including phenoxy) is 2. The summed E-state index contributed by atoms with van der Waals surface area (Å²) in [5.74, 6) is 0. The molecule has 2 rings (SSSR count). The predicted molar refractivity (Wildman–Crippen MR) is 45.9 cm³/mol. The third-order valence-corrected chi connectivity index (χ3v) is 2.75. The Kier molecular flexibility index (Phi) is 2.10. The molecule has 2 heterocycles. The minimum absolute atomic E-state index is 0.336. The topological polar surface area (TPSA) is 21.7 Å². The van der Waals surface area contributed by atoms with Gasteiger partial charge in [-0.1, -0.05) is 0 Å². The Morgan fingerprint density at radius 2 is 1.83 bits per heavy atom. The molecule has 3 nitrogen and oxygen atoms in total. The molecule has 0 atom stereocenters. The molecule has 0 aromatic carbocycles. The molecule has 3 heteroatoms. The molecule has 2 fully saturated rings. The van der Waals surface area contributed by atoms with Crippen LogP contribution in [0.2, 0.25) is 0 Å². The second kappa shape index (κ2) is 2.98. The van der Waals surface area contributed by atoms with E-state index < -0.39 is 0 Å². The molecule has 0 aromatic heterocycles. The van der Waals surface area contributed by atoms with Crippen molar-refractivity contribution in [2.45, 2.75) is 19.9 Å². The fourth-order valence-corrected chi connectivity index (χ4v) is 1.80. The van der Waals surface area contributed by atoms with Crippen molar-refractivity contribution in [3.63, 3.8) is 0 Å². The van der Waals surface area contributed by atoms with Crippen molar-refractivity contribution >= 4 is 0 Å². The molecule has 2 aliphatic rings. The lowest BCUT2D eigenvalue weighted by molar-refractivity contribution is -0.208. The van der Waals surface area contributed by atoms with E-state index in [9.17, 15) is 0 Å². The summed E-state index contributed by atoms with van der Waals surface area (Å²) in [6.45, 7) is 9.01. The summed E-state index contributed by atoms with van der Waals surface area (Å²) >= 11 is 0. The fourth-order valence-electron chi connectivity index (χ4n) is 1.80. The number of rotatable bonds is 1. The molecular weight excluding hydrogens is 154 g/mol. The van der Waals surface area contributed by atoms with Crippen LogP contribution >= 0.6 is 0 Å². The van der Waals surface area contributed by atoms with Gasteiger partial charge in [-0.25, -0.2) is 0 Å². The van der Waals surface area contributed by atoms with Crippen molar-refractivity contribution < 1.29 is 9.47 Å². The van der Waals surface area contributed by atoms with Gasteiger partial charge >= 0.3 is 0 Å². The maximum absolute atomic E-state index is 5.55. The van der Waals surface area contributed by atoms with E-state index in [-0.39, 0.29) is 0 Å². The highest BCUT2D eigenvalue weighted by Gasteiger charge is 2.43. The first-order chi connectivity index (χ1) is 5.72.